The Balaban J connectivity index is 0.000000229. The lowest BCUT2D eigenvalue weighted by Gasteiger charge is -2.17. The first-order valence-electron chi connectivity index (χ1n) is 13.2. The van der Waals surface area contributed by atoms with E-state index >= 15 is 0 Å². The minimum atomic E-state index is -1.03. The maximum Gasteiger partial charge on any atom is 0.332 e. The number of hydrogen-bond acceptors (Lipinski definition) is 6. The van der Waals surface area contributed by atoms with Gasteiger partial charge in [-0.25, -0.2) is 9.78 Å². The summed E-state index contributed by atoms with van der Waals surface area (Å²) in [5, 5.41) is 15.4. The number of nitrogens with one attached hydrogen (secondary N) is 1. The largest absolute Gasteiger partial charge is 0.490 e. The molecule has 0 bridgehead atoms. The van der Waals surface area contributed by atoms with Gasteiger partial charge >= 0.3 is 5.97 Å². The SMILES string of the molecule is Cc1ccc(-c2nc(C(=O)NCCC(OC(C)C)C(=O)O)c(C)s2)cc1.c1cc2c(OC3CCCC3)cc1=2. The summed E-state index contributed by atoms with van der Waals surface area (Å²) in [6.45, 7) is 7.63. The summed E-state index contributed by atoms with van der Waals surface area (Å²) in [5.74, 6) is -0.190. The maximum absolute atomic E-state index is 12.4. The highest BCUT2D eigenvalue weighted by molar-refractivity contribution is 7.15. The molecular weight excluding hydrogens is 500 g/mol. The molecule has 1 aromatic heterocycles. The van der Waals surface area contributed by atoms with Gasteiger partial charge in [-0.3, -0.25) is 4.79 Å². The van der Waals surface area contributed by atoms with Crippen molar-refractivity contribution < 1.29 is 24.2 Å². The van der Waals surface area contributed by atoms with E-state index in [0.717, 1.165) is 26.8 Å². The van der Waals surface area contributed by atoms with Crippen molar-refractivity contribution in [1.29, 1.82) is 0 Å². The zero-order valence-corrected chi connectivity index (χ0v) is 23.3. The van der Waals surface area contributed by atoms with Gasteiger partial charge in [-0.15, -0.1) is 11.3 Å². The van der Waals surface area contributed by atoms with Crippen molar-refractivity contribution in [3.8, 4) is 16.3 Å². The molecule has 0 saturated heterocycles. The van der Waals surface area contributed by atoms with Gasteiger partial charge in [0.15, 0.2) is 6.10 Å². The fraction of sp³-hybridized carbons (Fsp3) is 0.433. The van der Waals surface area contributed by atoms with Crippen LogP contribution in [0, 0.1) is 24.3 Å². The number of thiazole rings is 1. The fourth-order valence-corrected chi connectivity index (χ4v) is 5.36. The smallest absolute Gasteiger partial charge is 0.332 e. The first-order valence-corrected chi connectivity index (χ1v) is 14.0. The Bertz CT molecular complexity index is 1360. The molecule has 7 nitrogen and oxygen atoms in total. The van der Waals surface area contributed by atoms with Gasteiger partial charge < -0.3 is 19.9 Å². The molecule has 8 heteroatoms. The molecule has 1 fully saturated rings. The van der Waals surface area contributed by atoms with Crippen LogP contribution in [0.4, 0.5) is 0 Å². The number of benzene rings is 2. The Morgan fingerprint density at radius 1 is 1.11 bits per heavy atom. The molecule has 1 heterocycles. The van der Waals surface area contributed by atoms with E-state index in [2.05, 4.69) is 28.5 Å². The first kappa shape index (κ1) is 27.8. The van der Waals surface area contributed by atoms with Crippen LogP contribution in [0.25, 0.3) is 10.6 Å². The Kier molecular flexibility index (Phi) is 9.17. The summed E-state index contributed by atoms with van der Waals surface area (Å²) in [4.78, 5) is 28.8. The molecule has 3 aliphatic carbocycles. The molecule has 0 radical (unpaired) electrons. The Morgan fingerprint density at radius 3 is 2.37 bits per heavy atom. The van der Waals surface area contributed by atoms with Crippen molar-refractivity contribution in [3.63, 3.8) is 0 Å². The Labute approximate surface area is 227 Å². The molecule has 202 valence electrons. The number of aryl methyl sites for hydroxylation is 2. The molecule has 2 N–H and O–H groups in total. The van der Waals surface area contributed by atoms with Crippen molar-refractivity contribution >= 4 is 23.2 Å². The second-order valence-electron chi connectivity index (χ2n) is 10.1. The number of amides is 1. The molecule has 1 atom stereocenters. The van der Waals surface area contributed by atoms with Gasteiger partial charge in [-0.2, -0.15) is 0 Å². The Hall–Kier alpha value is -3.23. The monoisotopic (exact) mass is 536 g/mol. The highest BCUT2D eigenvalue weighted by Gasteiger charge is 2.21. The quantitative estimate of drug-likeness (QED) is 0.257. The minimum Gasteiger partial charge on any atom is -0.490 e. The molecular formula is C30H36N2O5S. The Morgan fingerprint density at radius 2 is 1.82 bits per heavy atom. The number of ether oxygens (including phenoxy) is 2. The third kappa shape index (κ3) is 6.99. The normalized spacial score (nSPS) is 14.6. The summed E-state index contributed by atoms with van der Waals surface area (Å²) >= 11 is 1.46. The lowest BCUT2D eigenvalue weighted by Crippen LogP contribution is -2.33. The molecule has 38 heavy (non-hydrogen) atoms. The number of aromatic nitrogens is 1. The van der Waals surface area contributed by atoms with E-state index in [1.165, 1.54) is 47.5 Å². The average molecular weight is 537 g/mol. The van der Waals surface area contributed by atoms with Gasteiger partial charge in [0.2, 0.25) is 0 Å². The van der Waals surface area contributed by atoms with Crippen LogP contribution in [-0.2, 0) is 9.53 Å². The highest BCUT2D eigenvalue weighted by atomic mass is 32.1. The number of carbonyl (C=O) groups excluding carboxylic acids is 1. The molecule has 1 aromatic carbocycles. The summed E-state index contributed by atoms with van der Waals surface area (Å²) in [6, 6.07) is 14.4. The van der Waals surface area contributed by atoms with Crippen LogP contribution in [-0.4, -0.2) is 46.8 Å². The van der Waals surface area contributed by atoms with E-state index in [1.807, 2.05) is 38.1 Å². The minimum absolute atomic E-state index is 0.190. The molecule has 2 aromatic rings. The van der Waals surface area contributed by atoms with Crippen LogP contribution >= 0.6 is 11.3 Å². The summed E-state index contributed by atoms with van der Waals surface area (Å²) in [5.41, 5.74) is 2.51. The molecule has 1 amide bonds. The zero-order chi connectivity index (χ0) is 27.2. The van der Waals surface area contributed by atoms with Gasteiger partial charge in [0.1, 0.15) is 16.5 Å². The van der Waals surface area contributed by atoms with Crippen molar-refractivity contribution in [1.82, 2.24) is 10.3 Å². The van der Waals surface area contributed by atoms with Gasteiger partial charge in [0.05, 0.1) is 12.2 Å². The molecule has 5 rings (SSSR count). The van der Waals surface area contributed by atoms with E-state index in [-0.39, 0.29) is 25.0 Å². The van der Waals surface area contributed by atoms with Gasteiger partial charge in [0.25, 0.3) is 5.91 Å². The van der Waals surface area contributed by atoms with Gasteiger partial charge in [-0.05, 0) is 64.7 Å². The van der Waals surface area contributed by atoms with Crippen molar-refractivity contribution in [2.24, 2.45) is 0 Å². The second-order valence-corrected chi connectivity index (χ2v) is 11.3. The van der Waals surface area contributed by atoms with Crippen LogP contribution in [0.1, 0.15) is 66.9 Å². The first-order chi connectivity index (χ1) is 18.2. The molecule has 1 saturated carbocycles. The van der Waals surface area contributed by atoms with Gasteiger partial charge in [0, 0.05) is 28.6 Å². The number of carbonyl (C=O) groups is 2. The predicted octanol–water partition coefficient (Wildman–Crippen LogP) is 6.03. The summed E-state index contributed by atoms with van der Waals surface area (Å²) < 4.78 is 11.2. The molecule has 1 unspecified atom stereocenters. The summed E-state index contributed by atoms with van der Waals surface area (Å²) in [7, 11) is 0. The average Bonchev–Trinajstić information content (AvgIpc) is 3.51. The number of carboxylic acid groups (broad SMARTS) is 1. The third-order valence-electron chi connectivity index (χ3n) is 6.60. The number of rotatable bonds is 10. The van der Waals surface area contributed by atoms with Crippen LogP contribution in [0.3, 0.4) is 0 Å². The number of aliphatic carboxylic acids is 1. The lowest BCUT2D eigenvalue weighted by atomic mass is 10.1. The predicted molar refractivity (Wildman–Crippen MR) is 149 cm³/mol. The van der Waals surface area contributed by atoms with Gasteiger partial charge in [-0.1, -0.05) is 42.0 Å². The maximum atomic E-state index is 12.4. The lowest BCUT2D eigenvalue weighted by molar-refractivity contribution is -0.153. The number of nitrogens with zero attached hydrogens (tertiary/aromatic N) is 1. The van der Waals surface area contributed by atoms with E-state index in [9.17, 15) is 9.59 Å². The zero-order valence-electron chi connectivity index (χ0n) is 22.5. The summed E-state index contributed by atoms with van der Waals surface area (Å²) in [6.07, 6.45) is 4.79. The van der Waals surface area contributed by atoms with Crippen LogP contribution in [0.15, 0.2) is 42.5 Å². The molecule has 0 spiro atoms. The van der Waals surface area contributed by atoms with E-state index in [1.54, 1.807) is 13.8 Å². The number of hydrogen-bond donors (Lipinski definition) is 2. The molecule has 0 aliphatic heterocycles. The molecule has 3 aliphatic rings. The third-order valence-corrected chi connectivity index (χ3v) is 7.62. The van der Waals surface area contributed by atoms with Crippen molar-refractivity contribution in [2.75, 3.05) is 6.54 Å². The van der Waals surface area contributed by atoms with Crippen LogP contribution < -0.4 is 10.1 Å². The van der Waals surface area contributed by atoms with E-state index in [4.69, 9.17) is 14.6 Å². The van der Waals surface area contributed by atoms with Crippen LogP contribution in [0.5, 0.6) is 5.75 Å². The van der Waals surface area contributed by atoms with E-state index in [0.29, 0.717) is 11.8 Å². The van der Waals surface area contributed by atoms with E-state index < -0.39 is 12.1 Å². The fourth-order valence-electron chi connectivity index (χ4n) is 4.44. The number of carboxylic acids is 1. The second kappa shape index (κ2) is 12.5. The van der Waals surface area contributed by atoms with Crippen molar-refractivity contribution in [3.05, 3.63) is 69.0 Å². The van der Waals surface area contributed by atoms with Crippen molar-refractivity contribution in [2.45, 2.75) is 78.1 Å². The van der Waals surface area contributed by atoms with Crippen LogP contribution in [0.2, 0.25) is 0 Å². The standard InChI is InChI=1S/C19H24N2O4S.C11H12O/c1-11(2)25-15(19(23)24)9-10-20-17(22)16-13(4)26-18(21-16)14-7-5-12(3)6-8-14;1-2-4-9(3-1)12-11-7-8-5-6-10(8)11/h5-8,11,15H,9-10H2,1-4H3,(H,20,22)(H,23,24);5-7,9H,1-4H2. The highest BCUT2D eigenvalue weighted by Crippen LogP contribution is 2.30. The topological polar surface area (TPSA) is 97.8 Å².